The molecule has 1 heterocycles. The van der Waals surface area contributed by atoms with Crippen molar-refractivity contribution in [2.24, 2.45) is 0 Å². The van der Waals surface area contributed by atoms with Crippen molar-refractivity contribution in [1.82, 2.24) is 0 Å². The third-order valence-corrected chi connectivity index (χ3v) is 2.04. The van der Waals surface area contributed by atoms with Crippen LogP contribution in [0, 0.1) is 5.82 Å². The molecule has 0 spiro atoms. The highest BCUT2D eigenvalue weighted by Gasteiger charge is 2.25. The molecule has 0 saturated carbocycles. The van der Waals surface area contributed by atoms with Crippen LogP contribution in [-0.2, 0) is 4.74 Å². The van der Waals surface area contributed by atoms with Gasteiger partial charge in [0.15, 0.2) is 0 Å². The van der Waals surface area contributed by atoms with Crippen molar-refractivity contribution in [3.63, 3.8) is 0 Å². The Hall–Kier alpha value is -1.78. The number of hydrogen-bond acceptors (Lipinski definition) is 3. The lowest BCUT2D eigenvalue weighted by atomic mass is 10.2. The summed E-state index contributed by atoms with van der Waals surface area (Å²) in [7, 11) is 0. The van der Waals surface area contributed by atoms with Gasteiger partial charge in [-0.15, -0.1) is 0 Å². The lowest BCUT2D eigenvalue weighted by Gasteiger charge is -2.14. The fourth-order valence-corrected chi connectivity index (χ4v) is 1.36. The summed E-state index contributed by atoms with van der Waals surface area (Å²) in [5.41, 5.74) is 6.35. The van der Waals surface area contributed by atoms with Gasteiger partial charge in [0.2, 0.25) is 0 Å². The summed E-state index contributed by atoms with van der Waals surface area (Å²) in [5.74, 6) is -0.422. The Morgan fingerprint density at radius 2 is 2.29 bits per heavy atom. The maximum absolute atomic E-state index is 12.9. The largest absolute Gasteiger partial charge is 0.447 e. The zero-order valence-corrected chi connectivity index (χ0v) is 7.37. The van der Waals surface area contributed by atoms with Gasteiger partial charge < -0.3 is 10.5 Å². The second-order valence-electron chi connectivity index (χ2n) is 2.97. The number of carbonyl (C=O) groups is 1. The molecule has 0 radical (unpaired) electrons. The molecule has 0 bridgehead atoms. The summed E-state index contributed by atoms with van der Waals surface area (Å²) >= 11 is 0. The first-order valence-corrected chi connectivity index (χ1v) is 4.18. The molecule has 2 rings (SSSR count). The van der Waals surface area contributed by atoms with E-state index in [1.807, 2.05) is 0 Å². The number of nitrogens with zero attached hydrogens (tertiary/aromatic N) is 1. The number of carbonyl (C=O) groups excluding carboxylic acids is 1. The molecule has 74 valence electrons. The van der Waals surface area contributed by atoms with Crippen LogP contribution in [0.5, 0.6) is 0 Å². The molecule has 5 heteroatoms. The highest BCUT2D eigenvalue weighted by molar-refractivity contribution is 5.92. The first kappa shape index (κ1) is 8.80. The Bertz CT molecular complexity index is 381. The van der Waals surface area contributed by atoms with Gasteiger partial charge in [0, 0.05) is 0 Å². The average Bonchev–Trinajstić information content (AvgIpc) is 2.56. The smallest absolute Gasteiger partial charge is 0.414 e. The number of nitrogen functional groups attached to an aromatic ring is 1. The van der Waals surface area contributed by atoms with Gasteiger partial charge in [0.1, 0.15) is 12.4 Å². The molecule has 0 aliphatic carbocycles. The van der Waals surface area contributed by atoms with Crippen LogP contribution in [0.4, 0.5) is 20.6 Å². The minimum atomic E-state index is -0.484. The molecule has 0 atom stereocenters. The van der Waals surface area contributed by atoms with Gasteiger partial charge in [-0.3, -0.25) is 4.90 Å². The first-order chi connectivity index (χ1) is 6.68. The number of hydrogen-bond donors (Lipinski definition) is 1. The van der Waals surface area contributed by atoms with Crippen molar-refractivity contribution in [1.29, 1.82) is 0 Å². The summed E-state index contributed by atoms with van der Waals surface area (Å²) in [4.78, 5) is 12.5. The van der Waals surface area contributed by atoms with Gasteiger partial charge in [-0.25, -0.2) is 9.18 Å². The zero-order chi connectivity index (χ0) is 10.1. The van der Waals surface area contributed by atoms with E-state index in [0.717, 1.165) is 0 Å². The highest BCUT2D eigenvalue weighted by Crippen LogP contribution is 2.26. The van der Waals surface area contributed by atoms with E-state index in [0.29, 0.717) is 24.5 Å². The molecule has 1 aliphatic rings. The van der Waals surface area contributed by atoms with Gasteiger partial charge in [0.05, 0.1) is 17.9 Å². The van der Waals surface area contributed by atoms with Crippen molar-refractivity contribution in [2.75, 3.05) is 23.8 Å². The molecule has 1 aromatic carbocycles. The zero-order valence-electron chi connectivity index (χ0n) is 7.37. The number of nitrogens with two attached hydrogens (primary N) is 1. The van der Waals surface area contributed by atoms with Crippen LogP contribution in [0.1, 0.15) is 0 Å². The van der Waals surface area contributed by atoms with Crippen LogP contribution in [0.25, 0.3) is 0 Å². The highest BCUT2D eigenvalue weighted by atomic mass is 19.1. The monoisotopic (exact) mass is 196 g/mol. The van der Waals surface area contributed by atoms with E-state index >= 15 is 0 Å². The molecular weight excluding hydrogens is 187 g/mol. The van der Waals surface area contributed by atoms with Gasteiger partial charge in [-0.05, 0) is 18.2 Å². The molecule has 1 amide bonds. The van der Waals surface area contributed by atoms with Crippen LogP contribution < -0.4 is 10.6 Å². The quantitative estimate of drug-likeness (QED) is 0.690. The summed E-state index contributed by atoms with van der Waals surface area (Å²) < 4.78 is 17.6. The molecule has 2 N–H and O–H groups in total. The molecule has 0 unspecified atom stereocenters. The summed E-state index contributed by atoms with van der Waals surface area (Å²) in [5, 5.41) is 0. The number of ether oxygens (including phenoxy) is 1. The Kier molecular flexibility index (Phi) is 1.99. The maximum atomic E-state index is 12.9. The Morgan fingerprint density at radius 1 is 1.50 bits per heavy atom. The van der Waals surface area contributed by atoms with Crippen LogP contribution >= 0.6 is 0 Å². The van der Waals surface area contributed by atoms with E-state index in [1.165, 1.54) is 23.1 Å². The van der Waals surface area contributed by atoms with E-state index < -0.39 is 11.9 Å². The molecule has 1 fully saturated rings. The van der Waals surface area contributed by atoms with E-state index in [-0.39, 0.29) is 0 Å². The van der Waals surface area contributed by atoms with Crippen molar-refractivity contribution >= 4 is 17.5 Å². The maximum Gasteiger partial charge on any atom is 0.414 e. The van der Waals surface area contributed by atoms with E-state index in [4.69, 9.17) is 10.5 Å². The summed E-state index contributed by atoms with van der Waals surface area (Å²) in [6.07, 6.45) is -0.484. The van der Waals surface area contributed by atoms with E-state index in [2.05, 4.69) is 0 Å². The lowest BCUT2D eigenvalue weighted by Crippen LogP contribution is -2.24. The van der Waals surface area contributed by atoms with Crippen molar-refractivity contribution < 1.29 is 13.9 Å². The molecule has 14 heavy (non-hydrogen) atoms. The number of benzene rings is 1. The topological polar surface area (TPSA) is 55.6 Å². The van der Waals surface area contributed by atoms with Crippen molar-refractivity contribution in [3.8, 4) is 0 Å². The number of anilines is 2. The van der Waals surface area contributed by atoms with Gasteiger partial charge in [-0.1, -0.05) is 0 Å². The van der Waals surface area contributed by atoms with E-state index in [1.54, 1.807) is 0 Å². The lowest BCUT2D eigenvalue weighted by molar-refractivity contribution is 0.181. The summed E-state index contributed by atoms with van der Waals surface area (Å²) in [6.45, 7) is 0.723. The van der Waals surface area contributed by atoms with Crippen LogP contribution in [0.15, 0.2) is 18.2 Å². The molecule has 4 nitrogen and oxygen atoms in total. The molecule has 1 aromatic rings. The van der Waals surface area contributed by atoms with Crippen LogP contribution in [0.2, 0.25) is 0 Å². The fourth-order valence-electron chi connectivity index (χ4n) is 1.36. The third kappa shape index (κ3) is 1.37. The number of cyclic esters (lactones) is 1. The SMILES string of the molecule is Nc1ccc(F)cc1N1CCOC1=O. The van der Waals surface area contributed by atoms with Crippen LogP contribution in [-0.4, -0.2) is 19.2 Å². The van der Waals surface area contributed by atoms with Gasteiger partial charge in [-0.2, -0.15) is 0 Å². The first-order valence-electron chi connectivity index (χ1n) is 4.18. The standard InChI is InChI=1S/C9H9FN2O2/c10-6-1-2-7(11)8(5-6)12-3-4-14-9(12)13/h1-2,5H,3-4,11H2. The van der Waals surface area contributed by atoms with Crippen molar-refractivity contribution in [3.05, 3.63) is 24.0 Å². The normalized spacial score (nSPS) is 15.8. The summed E-state index contributed by atoms with van der Waals surface area (Å²) in [6, 6.07) is 3.90. The number of rotatable bonds is 1. The Balaban J connectivity index is 2.39. The number of amides is 1. The minimum Gasteiger partial charge on any atom is -0.447 e. The molecule has 1 aliphatic heterocycles. The second kappa shape index (κ2) is 3.17. The predicted octanol–water partition coefficient (Wildman–Crippen LogP) is 1.36. The predicted molar refractivity (Wildman–Crippen MR) is 49.5 cm³/mol. The second-order valence-corrected chi connectivity index (χ2v) is 2.97. The molecule has 0 aromatic heterocycles. The Morgan fingerprint density at radius 3 is 2.93 bits per heavy atom. The van der Waals surface area contributed by atoms with Gasteiger partial charge >= 0.3 is 6.09 Å². The van der Waals surface area contributed by atoms with Crippen molar-refractivity contribution in [2.45, 2.75) is 0 Å². The Labute approximate surface area is 80.1 Å². The van der Waals surface area contributed by atoms with E-state index in [9.17, 15) is 9.18 Å². The number of halogens is 1. The molecular formula is C9H9FN2O2. The minimum absolute atomic E-state index is 0.314. The average molecular weight is 196 g/mol. The fraction of sp³-hybridized carbons (Fsp3) is 0.222. The third-order valence-electron chi connectivity index (χ3n) is 2.04. The van der Waals surface area contributed by atoms with Crippen LogP contribution in [0.3, 0.4) is 0 Å². The molecule has 1 saturated heterocycles. The van der Waals surface area contributed by atoms with Gasteiger partial charge in [0.25, 0.3) is 0 Å².